The number of thioether (sulfide) groups is 1. The maximum atomic E-state index is 12.9. The topological polar surface area (TPSA) is 137 Å². The minimum atomic E-state index is -4.43. The van der Waals surface area contributed by atoms with Gasteiger partial charge in [0.15, 0.2) is 16.7 Å². The summed E-state index contributed by atoms with van der Waals surface area (Å²) < 4.78 is 37.9. The van der Waals surface area contributed by atoms with Crippen molar-refractivity contribution < 1.29 is 27.1 Å². The zero-order chi connectivity index (χ0) is 27.4. The first-order valence-corrected chi connectivity index (χ1v) is 14.6. The predicted octanol–water partition coefficient (Wildman–Crippen LogP) is 6.18. The number of nitrogens with one attached hydrogen (secondary N) is 1. The molecule has 10 nitrogen and oxygen atoms in total. The highest BCUT2D eigenvalue weighted by atomic mass is 79.9. The van der Waals surface area contributed by atoms with Crippen LogP contribution in [0.1, 0.15) is 12.5 Å². The number of nitro groups is 1. The number of carbonyl (C=O) groups excluding carboxylic acids is 1. The molecule has 4 rings (SSSR count). The molecule has 1 amide bonds. The van der Waals surface area contributed by atoms with Gasteiger partial charge in [0, 0.05) is 16.6 Å². The molecule has 0 spiro atoms. The highest BCUT2D eigenvalue weighted by Gasteiger charge is 2.26. The summed E-state index contributed by atoms with van der Waals surface area (Å²) in [6.07, 6.45) is 1.61. The van der Waals surface area contributed by atoms with E-state index in [1.165, 1.54) is 24.3 Å². The molecule has 14 heteroatoms. The third-order valence-corrected chi connectivity index (χ3v) is 8.09. The lowest BCUT2D eigenvalue weighted by molar-refractivity contribution is -0.385. The largest absolute Gasteiger partial charge is 0.490 e. The van der Waals surface area contributed by atoms with Crippen LogP contribution in [-0.2, 0) is 14.9 Å². The average Bonchev–Trinajstić information content (AvgIpc) is 3.21. The minimum Gasteiger partial charge on any atom is -0.490 e. The number of amidine groups is 1. The van der Waals surface area contributed by atoms with Crippen molar-refractivity contribution in [2.45, 2.75) is 11.8 Å². The van der Waals surface area contributed by atoms with Gasteiger partial charge in [0.05, 0.1) is 26.6 Å². The number of ether oxygens (including phenoxy) is 1. The molecule has 1 N–H and O–H groups in total. The maximum absolute atomic E-state index is 12.9. The standard InChI is InChI=1S/C24H17Br2N3O7S2/c1-2-35-20-11-14(12-21-23(30)28-24(37-21)27-16-8-6-15(25)7-9-16)10-19(26)22(20)36-38(33,34)18-5-3-4-17(13-18)29(31)32/h3-13H,2H2,1H3,(H,27,28,30)/b21-12-. The third kappa shape index (κ3) is 6.62. The van der Waals surface area contributed by atoms with Crippen molar-refractivity contribution in [3.63, 3.8) is 0 Å². The van der Waals surface area contributed by atoms with Gasteiger partial charge in [0.2, 0.25) is 0 Å². The molecule has 1 heterocycles. The Morgan fingerprint density at radius 2 is 1.87 bits per heavy atom. The smallest absolute Gasteiger partial charge is 0.339 e. The van der Waals surface area contributed by atoms with Crippen molar-refractivity contribution in [2.75, 3.05) is 6.61 Å². The van der Waals surface area contributed by atoms with Gasteiger partial charge in [0.25, 0.3) is 11.6 Å². The number of non-ortho nitro benzene ring substituents is 1. The predicted molar refractivity (Wildman–Crippen MR) is 151 cm³/mol. The zero-order valence-corrected chi connectivity index (χ0v) is 24.2. The molecule has 3 aromatic rings. The number of nitrogens with zero attached hydrogens (tertiary/aromatic N) is 2. The molecular formula is C24H17Br2N3O7S2. The number of hydrogen-bond acceptors (Lipinski definition) is 9. The van der Waals surface area contributed by atoms with Crippen molar-refractivity contribution in [1.82, 2.24) is 5.32 Å². The molecule has 1 saturated heterocycles. The van der Waals surface area contributed by atoms with E-state index in [1.54, 1.807) is 31.2 Å². The van der Waals surface area contributed by atoms with Crippen LogP contribution >= 0.6 is 43.6 Å². The molecule has 3 aromatic carbocycles. The SMILES string of the molecule is CCOc1cc(/C=C2\SC(=Nc3ccc(Br)cc3)NC2=O)cc(Br)c1OS(=O)(=O)c1cccc([N+](=O)[O-])c1. The van der Waals surface area contributed by atoms with Crippen LogP contribution in [0.15, 0.2) is 84.4 Å². The molecule has 0 bridgehead atoms. The fourth-order valence-corrected chi connectivity index (χ4v) is 5.94. The molecule has 0 aliphatic carbocycles. The summed E-state index contributed by atoms with van der Waals surface area (Å²) in [5.74, 6) is -0.384. The molecule has 0 radical (unpaired) electrons. The number of carbonyl (C=O) groups is 1. The van der Waals surface area contributed by atoms with Gasteiger partial charge in [-0.05, 0) is 88.7 Å². The van der Waals surface area contributed by atoms with Crippen LogP contribution in [0.4, 0.5) is 11.4 Å². The van der Waals surface area contributed by atoms with Crippen molar-refractivity contribution in [1.29, 1.82) is 0 Å². The fourth-order valence-electron chi connectivity index (χ4n) is 3.19. The van der Waals surface area contributed by atoms with Crippen LogP contribution in [0.25, 0.3) is 6.08 Å². The summed E-state index contributed by atoms with van der Waals surface area (Å²) in [5, 5.41) is 14.2. The number of halogens is 2. The van der Waals surface area contributed by atoms with E-state index in [2.05, 4.69) is 42.2 Å². The van der Waals surface area contributed by atoms with Crippen molar-refractivity contribution >= 4 is 82.3 Å². The van der Waals surface area contributed by atoms with Crippen LogP contribution in [0.2, 0.25) is 0 Å². The Kier molecular flexibility index (Phi) is 8.55. The van der Waals surface area contributed by atoms with Gasteiger partial charge in [-0.2, -0.15) is 8.42 Å². The van der Waals surface area contributed by atoms with E-state index in [9.17, 15) is 23.3 Å². The lowest BCUT2D eigenvalue weighted by Gasteiger charge is -2.14. The minimum absolute atomic E-state index is 0.0925. The van der Waals surface area contributed by atoms with Crippen molar-refractivity contribution in [3.8, 4) is 11.5 Å². The monoisotopic (exact) mass is 681 g/mol. The van der Waals surface area contributed by atoms with Crippen LogP contribution in [0, 0.1) is 10.1 Å². The fraction of sp³-hybridized carbons (Fsp3) is 0.0833. The Bertz CT molecular complexity index is 1590. The quantitative estimate of drug-likeness (QED) is 0.129. The maximum Gasteiger partial charge on any atom is 0.339 e. The molecule has 0 unspecified atom stereocenters. The number of amides is 1. The number of hydrogen-bond donors (Lipinski definition) is 1. The van der Waals surface area contributed by atoms with Gasteiger partial charge < -0.3 is 14.2 Å². The Balaban J connectivity index is 1.63. The molecular weight excluding hydrogens is 666 g/mol. The summed E-state index contributed by atoms with van der Waals surface area (Å²) in [6, 6.07) is 14.9. The highest BCUT2D eigenvalue weighted by Crippen LogP contribution is 2.40. The second-order valence-electron chi connectivity index (χ2n) is 7.51. The summed E-state index contributed by atoms with van der Waals surface area (Å²) in [4.78, 5) is 27.3. The van der Waals surface area contributed by atoms with E-state index in [0.29, 0.717) is 21.3 Å². The number of nitro benzene ring substituents is 1. The van der Waals surface area contributed by atoms with E-state index >= 15 is 0 Å². The molecule has 1 fully saturated rings. The lowest BCUT2D eigenvalue weighted by Crippen LogP contribution is -2.19. The Morgan fingerprint density at radius 1 is 1.13 bits per heavy atom. The summed E-state index contributed by atoms with van der Waals surface area (Å²) in [7, 11) is -4.43. The Labute approximate surface area is 238 Å². The first kappa shape index (κ1) is 27.8. The van der Waals surface area contributed by atoms with Gasteiger partial charge in [0.1, 0.15) is 4.90 Å². The number of aliphatic imine (C=N–C) groups is 1. The normalized spacial score (nSPS) is 15.5. The van der Waals surface area contributed by atoms with Gasteiger partial charge >= 0.3 is 10.1 Å². The number of benzene rings is 3. The van der Waals surface area contributed by atoms with E-state index in [0.717, 1.165) is 22.3 Å². The van der Waals surface area contributed by atoms with Crippen LogP contribution < -0.4 is 14.2 Å². The number of rotatable bonds is 8. The first-order valence-electron chi connectivity index (χ1n) is 10.8. The molecule has 38 heavy (non-hydrogen) atoms. The van der Waals surface area contributed by atoms with Crippen LogP contribution in [-0.4, -0.2) is 31.0 Å². The van der Waals surface area contributed by atoms with Gasteiger partial charge in [-0.15, -0.1) is 0 Å². The van der Waals surface area contributed by atoms with E-state index < -0.39 is 20.7 Å². The van der Waals surface area contributed by atoms with Crippen LogP contribution in [0.5, 0.6) is 11.5 Å². The second-order valence-corrected chi connectivity index (χ2v) is 11.9. The van der Waals surface area contributed by atoms with Crippen molar-refractivity contribution in [2.24, 2.45) is 4.99 Å². The van der Waals surface area contributed by atoms with E-state index in [-0.39, 0.29) is 33.4 Å². The van der Waals surface area contributed by atoms with Gasteiger partial charge in [-0.25, -0.2) is 4.99 Å². The Morgan fingerprint density at radius 3 is 2.55 bits per heavy atom. The summed E-state index contributed by atoms with van der Waals surface area (Å²) >= 11 is 7.83. The molecule has 0 atom stereocenters. The van der Waals surface area contributed by atoms with Gasteiger partial charge in [-0.1, -0.05) is 22.0 Å². The summed E-state index contributed by atoms with van der Waals surface area (Å²) in [6.45, 7) is 1.90. The molecule has 1 aliphatic rings. The highest BCUT2D eigenvalue weighted by molar-refractivity contribution is 9.10. The second kappa shape index (κ2) is 11.7. The molecule has 0 aromatic heterocycles. The van der Waals surface area contributed by atoms with Gasteiger partial charge in [-0.3, -0.25) is 14.9 Å². The molecule has 196 valence electrons. The lowest BCUT2D eigenvalue weighted by atomic mass is 10.2. The van der Waals surface area contributed by atoms with E-state index in [1.807, 2.05) is 12.1 Å². The average molecular weight is 683 g/mol. The molecule has 1 aliphatic heterocycles. The van der Waals surface area contributed by atoms with Crippen LogP contribution in [0.3, 0.4) is 0 Å². The van der Waals surface area contributed by atoms with Crippen molar-refractivity contribution in [3.05, 3.63) is 90.2 Å². The summed E-state index contributed by atoms with van der Waals surface area (Å²) in [5.41, 5.74) is 0.809. The molecule has 0 saturated carbocycles. The Hall–Kier alpha value is -3.20. The zero-order valence-electron chi connectivity index (χ0n) is 19.4. The van der Waals surface area contributed by atoms with E-state index in [4.69, 9.17) is 8.92 Å². The first-order chi connectivity index (χ1) is 18.1. The third-order valence-electron chi connectivity index (χ3n) is 4.85.